The van der Waals surface area contributed by atoms with Crippen molar-refractivity contribution in [1.29, 1.82) is 0 Å². The van der Waals surface area contributed by atoms with Gasteiger partial charge in [0.15, 0.2) is 0 Å². The Bertz CT molecular complexity index is 1210. The Morgan fingerprint density at radius 3 is 2.04 bits per heavy atom. The summed E-state index contributed by atoms with van der Waals surface area (Å²) in [5.74, 6) is 0. The molecule has 0 aliphatic heterocycles. The highest BCUT2D eigenvalue weighted by Gasteiger charge is 2.07. The van der Waals surface area contributed by atoms with Gasteiger partial charge in [-0.05, 0) is 21.9 Å². The van der Waals surface area contributed by atoms with Gasteiger partial charge in [-0.3, -0.25) is 9.36 Å². The normalized spacial score (nSPS) is 11.1. The fraction of sp³-hybridized carbons (Fsp3) is 0.0833. The van der Waals surface area contributed by atoms with Gasteiger partial charge in [-0.25, -0.2) is 0 Å². The van der Waals surface area contributed by atoms with Gasteiger partial charge in [0, 0.05) is 23.5 Å². The maximum Gasteiger partial charge on any atom is 0.0665 e. The standard InChI is InChI=1S/C24H20N4/c1-2-7-19(8-3-1)15-27-17-22(13-25-27)23-14-26-28(18-23)16-21-11-6-10-20-9-4-5-12-24(20)21/h1-14,17-18H,15-16H2. The van der Waals surface area contributed by atoms with Crippen LogP contribution in [-0.4, -0.2) is 19.6 Å². The smallest absolute Gasteiger partial charge is 0.0665 e. The Labute approximate surface area is 163 Å². The highest BCUT2D eigenvalue weighted by atomic mass is 15.3. The van der Waals surface area contributed by atoms with Gasteiger partial charge in [-0.15, -0.1) is 0 Å². The van der Waals surface area contributed by atoms with Crippen molar-refractivity contribution in [2.75, 3.05) is 0 Å². The molecule has 0 spiro atoms. The van der Waals surface area contributed by atoms with E-state index in [1.165, 1.54) is 21.9 Å². The van der Waals surface area contributed by atoms with Crippen LogP contribution in [0.15, 0.2) is 97.6 Å². The third-order valence-electron chi connectivity index (χ3n) is 5.00. The van der Waals surface area contributed by atoms with Crippen LogP contribution in [0.4, 0.5) is 0 Å². The highest BCUT2D eigenvalue weighted by Crippen LogP contribution is 2.22. The second-order valence-electron chi connectivity index (χ2n) is 6.98. The van der Waals surface area contributed by atoms with Crippen LogP contribution < -0.4 is 0 Å². The molecule has 0 aliphatic carbocycles. The lowest BCUT2D eigenvalue weighted by atomic mass is 10.0. The SMILES string of the molecule is c1ccc(Cn2cc(-c3cnn(Cc4cccc5ccccc45)c3)cn2)cc1. The quantitative estimate of drug-likeness (QED) is 0.440. The zero-order chi connectivity index (χ0) is 18.8. The molecule has 0 N–H and O–H groups in total. The van der Waals surface area contributed by atoms with E-state index in [1.54, 1.807) is 0 Å². The molecule has 4 nitrogen and oxygen atoms in total. The third kappa shape index (κ3) is 3.32. The maximum atomic E-state index is 4.57. The number of benzene rings is 3. The van der Waals surface area contributed by atoms with Gasteiger partial charge in [-0.1, -0.05) is 72.8 Å². The van der Waals surface area contributed by atoms with Crippen molar-refractivity contribution in [3.63, 3.8) is 0 Å². The van der Waals surface area contributed by atoms with Crippen LogP contribution in [0, 0.1) is 0 Å². The van der Waals surface area contributed by atoms with E-state index in [2.05, 4.69) is 89.3 Å². The summed E-state index contributed by atoms with van der Waals surface area (Å²) in [4.78, 5) is 0. The topological polar surface area (TPSA) is 35.6 Å². The van der Waals surface area contributed by atoms with Crippen molar-refractivity contribution in [2.24, 2.45) is 0 Å². The fourth-order valence-corrected chi connectivity index (χ4v) is 3.57. The summed E-state index contributed by atoms with van der Waals surface area (Å²) in [5, 5.41) is 11.6. The molecule has 0 radical (unpaired) electrons. The van der Waals surface area contributed by atoms with Crippen molar-refractivity contribution in [3.8, 4) is 11.1 Å². The summed E-state index contributed by atoms with van der Waals surface area (Å²) in [7, 11) is 0. The largest absolute Gasteiger partial charge is 0.268 e. The number of rotatable bonds is 5. The van der Waals surface area contributed by atoms with Gasteiger partial charge in [0.1, 0.15) is 0 Å². The molecule has 0 saturated carbocycles. The van der Waals surface area contributed by atoms with E-state index < -0.39 is 0 Å². The van der Waals surface area contributed by atoms with Crippen molar-refractivity contribution < 1.29 is 0 Å². The summed E-state index contributed by atoms with van der Waals surface area (Å²) in [5.41, 5.74) is 4.68. The molecule has 2 aromatic heterocycles. The molecule has 136 valence electrons. The van der Waals surface area contributed by atoms with Gasteiger partial charge in [-0.2, -0.15) is 10.2 Å². The Morgan fingerprint density at radius 2 is 1.25 bits per heavy atom. The monoisotopic (exact) mass is 364 g/mol. The predicted molar refractivity (Wildman–Crippen MR) is 112 cm³/mol. The van der Waals surface area contributed by atoms with Crippen LogP contribution in [-0.2, 0) is 13.1 Å². The molecule has 0 unspecified atom stereocenters. The summed E-state index contributed by atoms with van der Waals surface area (Å²) in [6.45, 7) is 1.52. The Morgan fingerprint density at radius 1 is 0.607 bits per heavy atom. The molecule has 5 rings (SSSR count). The van der Waals surface area contributed by atoms with Crippen LogP contribution in [0.5, 0.6) is 0 Å². The van der Waals surface area contributed by atoms with Crippen LogP contribution >= 0.6 is 0 Å². The minimum Gasteiger partial charge on any atom is -0.268 e. The van der Waals surface area contributed by atoms with Gasteiger partial charge < -0.3 is 0 Å². The zero-order valence-electron chi connectivity index (χ0n) is 15.4. The zero-order valence-corrected chi connectivity index (χ0v) is 15.4. The molecule has 3 aromatic carbocycles. The number of fused-ring (bicyclic) bond motifs is 1. The number of aromatic nitrogens is 4. The average Bonchev–Trinajstić information content (AvgIpc) is 3.39. The van der Waals surface area contributed by atoms with Crippen molar-refractivity contribution in [2.45, 2.75) is 13.1 Å². The lowest BCUT2D eigenvalue weighted by molar-refractivity contribution is 0.687. The molecule has 0 atom stereocenters. The minimum atomic E-state index is 0.750. The average molecular weight is 364 g/mol. The summed E-state index contributed by atoms with van der Waals surface area (Å²) in [6.07, 6.45) is 7.98. The van der Waals surface area contributed by atoms with Crippen molar-refractivity contribution >= 4 is 10.8 Å². The number of hydrogen-bond donors (Lipinski definition) is 0. The highest BCUT2D eigenvalue weighted by molar-refractivity contribution is 5.85. The number of hydrogen-bond acceptors (Lipinski definition) is 2. The van der Waals surface area contributed by atoms with Gasteiger partial charge in [0.2, 0.25) is 0 Å². The van der Waals surface area contributed by atoms with Crippen LogP contribution in [0.1, 0.15) is 11.1 Å². The third-order valence-corrected chi connectivity index (χ3v) is 5.00. The number of nitrogens with zero attached hydrogens (tertiary/aromatic N) is 4. The van der Waals surface area contributed by atoms with Crippen LogP contribution in [0.3, 0.4) is 0 Å². The first-order chi connectivity index (χ1) is 13.8. The van der Waals surface area contributed by atoms with E-state index in [0.29, 0.717) is 0 Å². The van der Waals surface area contributed by atoms with E-state index in [1.807, 2.05) is 27.8 Å². The second kappa shape index (κ2) is 7.16. The van der Waals surface area contributed by atoms with E-state index >= 15 is 0 Å². The molecule has 0 aliphatic rings. The molecule has 4 heteroatoms. The van der Waals surface area contributed by atoms with E-state index in [0.717, 1.165) is 24.2 Å². The summed E-state index contributed by atoms with van der Waals surface area (Å²) in [6, 6.07) is 25.3. The summed E-state index contributed by atoms with van der Waals surface area (Å²) >= 11 is 0. The maximum absolute atomic E-state index is 4.57. The first-order valence-electron chi connectivity index (χ1n) is 9.41. The molecule has 5 aromatic rings. The van der Waals surface area contributed by atoms with E-state index in [-0.39, 0.29) is 0 Å². The fourth-order valence-electron chi connectivity index (χ4n) is 3.57. The Balaban J connectivity index is 1.36. The van der Waals surface area contributed by atoms with E-state index in [9.17, 15) is 0 Å². The van der Waals surface area contributed by atoms with Crippen molar-refractivity contribution in [1.82, 2.24) is 19.6 Å². The molecule has 2 heterocycles. The molecule has 0 bridgehead atoms. The molecule has 0 amide bonds. The van der Waals surface area contributed by atoms with Crippen LogP contribution in [0.2, 0.25) is 0 Å². The predicted octanol–water partition coefficient (Wildman–Crippen LogP) is 5.00. The summed E-state index contributed by atoms with van der Waals surface area (Å²) < 4.78 is 3.96. The molecule has 0 saturated heterocycles. The van der Waals surface area contributed by atoms with Crippen molar-refractivity contribution in [3.05, 3.63) is 109 Å². The van der Waals surface area contributed by atoms with Crippen LogP contribution in [0.25, 0.3) is 21.9 Å². The van der Waals surface area contributed by atoms with Gasteiger partial charge >= 0.3 is 0 Å². The second-order valence-corrected chi connectivity index (χ2v) is 6.98. The Hall–Kier alpha value is -3.66. The lowest BCUT2D eigenvalue weighted by Gasteiger charge is -2.06. The molecule has 0 fully saturated rings. The molecule has 28 heavy (non-hydrogen) atoms. The first-order valence-corrected chi connectivity index (χ1v) is 9.41. The van der Waals surface area contributed by atoms with E-state index in [4.69, 9.17) is 0 Å². The Kier molecular flexibility index (Phi) is 4.22. The minimum absolute atomic E-state index is 0.750. The molecular formula is C24H20N4. The first kappa shape index (κ1) is 16.5. The van der Waals surface area contributed by atoms with Gasteiger partial charge in [0.25, 0.3) is 0 Å². The van der Waals surface area contributed by atoms with Gasteiger partial charge in [0.05, 0.1) is 25.5 Å². The molecular weight excluding hydrogens is 344 g/mol. The lowest BCUT2D eigenvalue weighted by Crippen LogP contribution is -2.00.